The first kappa shape index (κ1) is 11.0. The summed E-state index contributed by atoms with van der Waals surface area (Å²) >= 11 is 0. The Morgan fingerprint density at radius 1 is 1.38 bits per heavy atom. The standard InChI is InChI=1S/C11H22OSi/c1-9-7-11(13(2,3)4)6-5-10(9)8-12/h7,10-12H,5-6,8H2,1-4H3. The fraction of sp³-hybridized carbons (Fsp3) is 0.818. The molecule has 0 radical (unpaired) electrons. The van der Waals surface area contributed by atoms with Gasteiger partial charge in [-0.05, 0) is 25.3 Å². The molecule has 1 nitrogen and oxygen atoms in total. The molecule has 1 aliphatic carbocycles. The zero-order chi connectivity index (χ0) is 10.1. The van der Waals surface area contributed by atoms with Crippen molar-refractivity contribution in [3.63, 3.8) is 0 Å². The van der Waals surface area contributed by atoms with Crippen molar-refractivity contribution >= 4 is 8.07 Å². The van der Waals surface area contributed by atoms with E-state index in [1.54, 1.807) is 0 Å². The highest BCUT2D eigenvalue weighted by Gasteiger charge is 2.29. The second-order valence-electron chi connectivity index (χ2n) is 5.34. The van der Waals surface area contributed by atoms with Crippen molar-refractivity contribution in [3.05, 3.63) is 11.6 Å². The highest BCUT2D eigenvalue weighted by atomic mass is 28.3. The number of aliphatic hydroxyl groups excluding tert-OH is 1. The highest BCUT2D eigenvalue weighted by Crippen LogP contribution is 2.37. The Kier molecular flexibility index (Phi) is 3.36. The van der Waals surface area contributed by atoms with Crippen molar-refractivity contribution in [3.8, 4) is 0 Å². The third-order valence-corrected chi connectivity index (χ3v) is 5.95. The van der Waals surface area contributed by atoms with Crippen LogP contribution in [0, 0.1) is 5.92 Å². The molecule has 0 saturated heterocycles. The van der Waals surface area contributed by atoms with Crippen LogP contribution in [0.4, 0.5) is 0 Å². The van der Waals surface area contributed by atoms with Crippen LogP contribution in [-0.2, 0) is 0 Å². The van der Waals surface area contributed by atoms with E-state index in [4.69, 9.17) is 5.11 Å². The van der Waals surface area contributed by atoms with Gasteiger partial charge >= 0.3 is 0 Å². The SMILES string of the molecule is CC1=CC([Si](C)(C)C)CCC1CO. The molecule has 0 fully saturated rings. The quantitative estimate of drug-likeness (QED) is 0.534. The maximum Gasteiger partial charge on any atom is 0.0513 e. The lowest BCUT2D eigenvalue weighted by Gasteiger charge is -2.33. The van der Waals surface area contributed by atoms with Crippen LogP contribution in [0.1, 0.15) is 19.8 Å². The Morgan fingerprint density at radius 2 is 2.00 bits per heavy atom. The summed E-state index contributed by atoms with van der Waals surface area (Å²) in [7, 11) is -0.999. The Labute approximate surface area is 82.9 Å². The lowest BCUT2D eigenvalue weighted by molar-refractivity contribution is 0.233. The number of aliphatic hydroxyl groups is 1. The molecule has 76 valence electrons. The van der Waals surface area contributed by atoms with Gasteiger partial charge in [0.15, 0.2) is 0 Å². The largest absolute Gasteiger partial charge is 0.396 e. The summed E-state index contributed by atoms with van der Waals surface area (Å²) in [4.78, 5) is 0. The van der Waals surface area contributed by atoms with Crippen molar-refractivity contribution in [2.75, 3.05) is 6.61 Å². The summed E-state index contributed by atoms with van der Waals surface area (Å²) in [5.74, 6) is 0.451. The smallest absolute Gasteiger partial charge is 0.0513 e. The van der Waals surface area contributed by atoms with Crippen LogP contribution in [0.2, 0.25) is 25.2 Å². The molecule has 1 N–H and O–H groups in total. The summed E-state index contributed by atoms with van der Waals surface area (Å²) in [5.41, 5.74) is 2.25. The molecule has 1 aliphatic rings. The zero-order valence-corrected chi connectivity index (χ0v) is 10.3. The van der Waals surface area contributed by atoms with E-state index in [-0.39, 0.29) is 0 Å². The second kappa shape index (κ2) is 3.97. The molecule has 0 aliphatic heterocycles. The summed E-state index contributed by atoms with van der Waals surface area (Å²) in [6, 6.07) is 0. The first-order valence-electron chi connectivity index (χ1n) is 5.24. The van der Waals surface area contributed by atoms with Gasteiger partial charge in [-0.3, -0.25) is 0 Å². The van der Waals surface area contributed by atoms with Crippen molar-refractivity contribution in [1.82, 2.24) is 0 Å². The van der Waals surface area contributed by atoms with Crippen molar-refractivity contribution < 1.29 is 5.11 Å². The van der Waals surface area contributed by atoms with Crippen molar-refractivity contribution in [2.45, 2.75) is 44.9 Å². The van der Waals surface area contributed by atoms with Gasteiger partial charge in [0.25, 0.3) is 0 Å². The van der Waals surface area contributed by atoms with E-state index in [1.165, 1.54) is 18.4 Å². The number of hydrogen-bond acceptors (Lipinski definition) is 1. The maximum atomic E-state index is 9.12. The lowest BCUT2D eigenvalue weighted by Crippen LogP contribution is -2.30. The molecule has 0 saturated carbocycles. The predicted molar refractivity (Wildman–Crippen MR) is 60.7 cm³/mol. The normalized spacial score (nSPS) is 30.1. The first-order chi connectivity index (χ1) is 5.95. The average Bonchev–Trinajstić information content (AvgIpc) is 2.02. The van der Waals surface area contributed by atoms with E-state index in [2.05, 4.69) is 32.6 Å². The Hall–Kier alpha value is -0.0831. The second-order valence-corrected chi connectivity index (χ2v) is 10.8. The van der Waals surface area contributed by atoms with Crippen molar-refractivity contribution in [1.29, 1.82) is 0 Å². The van der Waals surface area contributed by atoms with E-state index in [1.807, 2.05) is 0 Å². The summed E-state index contributed by atoms with van der Waals surface area (Å²) in [6.45, 7) is 9.80. The van der Waals surface area contributed by atoms with Crippen LogP contribution in [0.5, 0.6) is 0 Å². The molecule has 0 aromatic heterocycles. The molecule has 0 aromatic carbocycles. The molecule has 0 aromatic rings. The van der Waals surface area contributed by atoms with Gasteiger partial charge in [-0.1, -0.05) is 31.3 Å². The monoisotopic (exact) mass is 198 g/mol. The number of rotatable bonds is 2. The van der Waals surface area contributed by atoms with Crippen LogP contribution in [-0.4, -0.2) is 19.8 Å². The van der Waals surface area contributed by atoms with Crippen molar-refractivity contribution in [2.24, 2.45) is 5.92 Å². The molecule has 0 heterocycles. The Bertz CT molecular complexity index is 203. The van der Waals surface area contributed by atoms with Gasteiger partial charge < -0.3 is 5.11 Å². The molecular formula is C11H22OSi. The summed E-state index contributed by atoms with van der Waals surface area (Å²) in [5, 5.41) is 9.12. The fourth-order valence-corrected chi connectivity index (χ4v) is 3.86. The van der Waals surface area contributed by atoms with E-state index in [0.717, 1.165) is 5.54 Å². The van der Waals surface area contributed by atoms with Gasteiger partial charge in [0, 0.05) is 12.5 Å². The van der Waals surface area contributed by atoms with Gasteiger partial charge in [0.1, 0.15) is 0 Å². The van der Waals surface area contributed by atoms with Crippen LogP contribution in [0.25, 0.3) is 0 Å². The minimum atomic E-state index is -0.999. The Balaban J connectivity index is 2.71. The van der Waals surface area contributed by atoms with E-state index in [0.29, 0.717) is 12.5 Å². The Morgan fingerprint density at radius 3 is 2.38 bits per heavy atom. The molecule has 2 unspecified atom stereocenters. The minimum absolute atomic E-state index is 0.334. The van der Waals surface area contributed by atoms with Gasteiger partial charge in [-0.25, -0.2) is 0 Å². The molecule has 2 heteroatoms. The van der Waals surface area contributed by atoms with E-state index >= 15 is 0 Å². The third kappa shape index (κ3) is 2.68. The molecule has 0 spiro atoms. The zero-order valence-electron chi connectivity index (χ0n) is 9.30. The van der Waals surface area contributed by atoms with Crippen LogP contribution in [0.15, 0.2) is 11.6 Å². The van der Waals surface area contributed by atoms with Gasteiger partial charge in [-0.2, -0.15) is 0 Å². The van der Waals surface area contributed by atoms with Crippen LogP contribution in [0.3, 0.4) is 0 Å². The molecule has 0 amide bonds. The topological polar surface area (TPSA) is 20.2 Å². The molecule has 1 rings (SSSR count). The molecule has 2 atom stereocenters. The number of hydrogen-bond donors (Lipinski definition) is 1. The third-order valence-electron chi connectivity index (χ3n) is 3.27. The molecule has 0 bridgehead atoms. The van der Waals surface area contributed by atoms with E-state index < -0.39 is 8.07 Å². The maximum absolute atomic E-state index is 9.12. The summed E-state index contributed by atoms with van der Waals surface area (Å²) in [6.07, 6.45) is 4.91. The highest BCUT2D eigenvalue weighted by molar-refractivity contribution is 6.78. The average molecular weight is 198 g/mol. The minimum Gasteiger partial charge on any atom is -0.396 e. The lowest BCUT2D eigenvalue weighted by atomic mass is 9.89. The first-order valence-corrected chi connectivity index (χ1v) is 8.82. The van der Waals surface area contributed by atoms with Crippen LogP contribution >= 0.6 is 0 Å². The van der Waals surface area contributed by atoms with Gasteiger partial charge in [0.05, 0.1) is 8.07 Å². The predicted octanol–water partition coefficient (Wildman–Crippen LogP) is 3.04. The summed E-state index contributed by atoms with van der Waals surface area (Å²) < 4.78 is 0. The van der Waals surface area contributed by atoms with Crippen LogP contribution < -0.4 is 0 Å². The molecular weight excluding hydrogens is 176 g/mol. The fourth-order valence-electron chi connectivity index (χ4n) is 2.06. The van der Waals surface area contributed by atoms with Gasteiger partial charge in [0.2, 0.25) is 0 Å². The molecule has 13 heavy (non-hydrogen) atoms. The van der Waals surface area contributed by atoms with Gasteiger partial charge in [-0.15, -0.1) is 0 Å². The number of allylic oxidation sites excluding steroid dienone is 1. The van der Waals surface area contributed by atoms with E-state index in [9.17, 15) is 0 Å².